The van der Waals surface area contributed by atoms with Crippen molar-refractivity contribution in [1.82, 2.24) is 10.6 Å². The summed E-state index contributed by atoms with van der Waals surface area (Å²) in [5, 5.41) is 4.43. The number of aliphatic imine (C=N–C) groups is 1. The monoisotopic (exact) mass is 231 g/mol. The molecule has 15 heavy (non-hydrogen) atoms. The van der Waals surface area contributed by atoms with Crippen LogP contribution in [0.1, 0.15) is 6.42 Å². The van der Waals surface area contributed by atoms with Crippen LogP contribution in [0.5, 0.6) is 0 Å². The van der Waals surface area contributed by atoms with Gasteiger partial charge < -0.3 is 0 Å². The van der Waals surface area contributed by atoms with Gasteiger partial charge in [0.1, 0.15) is 0 Å². The van der Waals surface area contributed by atoms with E-state index in [1.54, 1.807) is 0 Å². The molecule has 0 bridgehead atoms. The molecule has 2 amide bonds. The van der Waals surface area contributed by atoms with E-state index in [1.165, 1.54) is 0 Å². The van der Waals surface area contributed by atoms with E-state index in [0.717, 1.165) is 0 Å². The van der Waals surface area contributed by atoms with Crippen molar-refractivity contribution in [2.45, 2.75) is 12.5 Å². The predicted octanol–water partition coefficient (Wildman–Crippen LogP) is -2.22. The van der Waals surface area contributed by atoms with Crippen LogP contribution < -0.4 is 10.6 Å². The van der Waals surface area contributed by atoms with Gasteiger partial charge in [0.05, 0.1) is 17.5 Å². The Balaban J connectivity index is 2.07. The second-order valence-electron chi connectivity index (χ2n) is 3.44. The number of guanidine groups is 1. The van der Waals surface area contributed by atoms with Gasteiger partial charge in [0.15, 0.2) is 9.84 Å². The van der Waals surface area contributed by atoms with Crippen LogP contribution in [0, 0.1) is 0 Å². The molecule has 2 saturated heterocycles. The summed E-state index contributed by atoms with van der Waals surface area (Å²) in [7, 11) is -3.00. The molecular formula is C7H9N3O4S. The molecule has 7 nitrogen and oxygen atoms in total. The summed E-state index contributed by atoms with van der Waals surface area (Å²) in [6.45, 7) is 0. The number of hydrogen-bond acceptors (Lipinski definition) is 5. The summed E-state index contributed by atoms with van der Waals surface area (Å²) in [5.74, 6) is -1.41. The second kappa shape index (κ2) is 3.30. The van der Waals surface area contributed by atoms with E-state index < -0.39 is 21.7 Å². The van der Waals surface area contributed by atoms with Gasteiger partial charge in [-0.15, -0.1) is 0 Å². The van der Waals surface area contributed by atoms with Crippen molar-refractivity contribution in [2.24, 2.45) is 4.99 Å². The molecule has 0 radical (unpaired) electrons. The highest BCUT2D eigenvalue weighted by molar-refractivity contribution is 7.91. The van der Waals surface area contributed by atoms with Gasteiger partial charge in [0.25, 0.3) is 0 Å². The first-order valence-electron chi connectivity index (χ1n) is 4.37. The maximum atomic E-state index is 11.1. The van der Waals surface area contributed by atoms with Crippen LogP contribution in [-0.2, 0) is 19.4 Å². The van der Waals surface area contributed by atoms with E-state index >= 15 is 0 Å². The van der Waals surface area contributed by atoms with Gasteiger partial charge >= 0.3 is 11.8 Å². The van der Waals surface area contributed by atoms with Crippen molar-refractivity contribution in [3.8, 4) is 0 Å². The minimum Gasteiger partial charge on any atom is -0.288 e. The third kappa shape index (κ3) is 2.14. The SMILES string of the molecule is O=C1NC(=NC2CCS(=O)(=O)C2)NC1=O. The van der Waals surface area contributed by atoms with Crippen molar-refractivity contribution >= 4 is 27.6 Å². The topological polar surface area (TPSA) is 105 Å². The minimum absolute atomic E-state index is 0.0256. The third-order valence-electron chi connectivity index (χ3n) is 2.19. The molecule has 1 atom stereocenters. The van der Waals surface area contributed by atoms with E-state index in [2.05, 4.69) is 15.6 Å². The molecule has 0 aromatic rings. The molecule has 82 valence electrons. The Morgan fingerprint density at radius 2 is 1.80 bits per heavy atom. The van der Waals surface area contributed by atoms with Crippen LogP contribution in [0.2, 0.25) is 0 Å². The second-order valence-corrected chi connectivity index (χ2v) is 5.67. The number of carbonyl (C=O) groups is 2. The molecule has 2 aliphatic rings. The molecule has 0 spiro atoms. The van der Waals surface area contributed by atoms with E-state index in [-0.39, 0.29) is 23.5 Å². The Morgan fingerprint density at radius 1 is 1.20 bits per heavy atom. The van der Waals surface area contributed by atoms with Crippen LogP contribution in [-0.4, -0.2) is 43.7 Å². The average Bonchev–Trinajstić information content (AvgIpc) is 2.58. The molecule has 0 aromatic heterocycles. The molecule has 0 saturated carbocycles. The van der Waals surface area contributed by atoms with Gasteiger partial charge in [-0.05, 0) is 6.42 Å². The molecule has 0 aromatic carbocycles. The summed E-state index contributed by atoms with van der Waals surface area (Å²) < 4.78 is 22.2. The molecule has 2 aliphatic heterocycles. The molecule has 0 aliphatic carbocycles. The maximum absolute atomic E-state index is 11.1. The first-order chi connectivity index (χ1) is 6.96. The smallest absolute Gasteiger partial charge is 0.288 e. The van der Waals surface area contributed by atoms with E-state index in [1.807, 2.05) is 0 Å². The number of nitrogens with one attached hydrogen (secondary N) is 2. The van der Waals surface area contributed by atoms with Crippen LogP contribution in [0.3, 0.4) is 0 Å². The molecular weight excluding hydrogens is 222 g/mol. The molecule has 2 N–H and O–H groups in total. The summed E-state index contributed by atoms with van der Waals surface area (Å²) in [4.78, 5) is 25.5. The van der Waals surface area contributed by atoms with Crippen LogP contribution in [0.15, 0.2) is 4.99 Å². The lowest BCUT2D eigenvalue weighted by Gasteiger charge is -2.01. The van der Waals surface area contributed by atoms with Crippen LogP contribution in [0.4, 0.5) is 0 Å². The highest BCUT2D eigenvalue weighted by Crippen LogP contribution is 2.14. The molecule has 2 fully saturated rings. The third-order valence-corrected chi connectivity index (χ3v) is 3.94. The van der Waals surface area contributed by atoms with E-state index in [9.17, 15) is 18.0 Å². The zero-order valence-corrected chi connectivity index (χ0v) is 8.50. The molecule has 1 unspecified atom stereocenters. The Bertz CT molecular complexity index is 435. The van der Waals surface area contributed by atoms with Gasteiger partial charge in [0, 0.05) is 0 Å². The Kier molecular flexibility index (Phi) is 2.22. The fraction of sp³-hybridized carbons (Fsp3) is 0.571. The van der Waals surface area contributed by atoms with Crippen LogP contribution >= 0.6 is 0 Å². The summed E-state index contributed by atoms with van der Waals surface area (Å²) in [6, 6.07) is -0.372. The largest absolute Gasteiger partial charge is 0.316 e. The highest BCUT2D eigenvalue weighted by atomic mass is 32.2. The lowest BCUT2D eigenvalue weighted by molar-refractivity contribution is -0.135. The minimum atomic E-state index is -3.00. The number of sulfone groups is 1. The highest BCUT2D eigenvalue weighted by Gasteiger charge is 2.31. The van der Waals surface area contributed by atoms with Gasteiger partial charge in [-0.2, -0.15) is 0 Å². The van der Waals surface area contributed by atoms with Gasteiger partial charge in [-0.1, -0.05) is 0 Å². The lowest BCUT2D eigenvalue weighted by atomic mass is 10.3. The Morgan fingerprint density at radius 3 is 2.27 bits per heavy atom. The number of amides is 2. The number of nitrogens with zero attached hydrogens (tertiary/aromatic N) is 1. The quantitative estimate of drug-likeness (QED) is 0.498. The van der Waals surface area contributed by atoms with Crippen molar-refractivity contribution in [1.29, 1.82) is 0 Å². The summed E-state index contributed by atoms with van der Waals surface area (Å²) in [6.07, 6.45) is 0.428. The summed E-state index contributed by atoms with van der Waals surface area (Å²) in [5.41, 5.74) is 0. The zero-order valence-electron chi connectivity index (χ0n) is 7.69. The van der Waals surface area contributed by atoms with Crippen molar-refractivity contribution in [3.63, 3.8) is 0 Å². The standard InChI is InChI=1S/C7H9N3O4S/c11-5-6(12)10-7(9-5)8-4-1-2-15(13,14)3-4/h4H,1-3H2,(H2,8,9,10,11,12). The Labute approximate surface area is 85.9 Å². The van der Waals surface area contributed by atoms with Gasteiger partial charge in [-0.25, -0.2) is 13.4 Å². The average molecular weight is 231 g/mol. The molecule has 2 rings (SSSR count). The first-order valence-corrected chi connectivity index (χ1v) is 6.19. The zero-order chi connectivity index (χ0) is 11.1. The van der Waals surface area contributed by atoms with E-state index in [4.69, 9.17) is 0 Å². The molecule has 2 heterocycles. The van der Waals surface area contributed by atoms with Gasteiger partial charge in [0.2, 0.25) is 5.96 Å². The number of rotatable bonds is 1. The lowest BCUT2D eigenvalue weighted by Crippen LogP contribution is -2.28. The number of carbonyl (C=O) groups excluding carboxylic acids is 2. The normalized spacial score (nSPS) is 28.8. The predicted molar refractivity (Wildman–Crippen MR) is 50.8 cm³/mol. The van der Waals surface area contributed by atoms with Gasteiger partial charge in [-0.3, -0.25) is 20.2 Å². The fourth-order valence-corrected chi connectivity index (χ4v) is 3.11. The van der Waals surface area contributed by atoms with Crippen molar-refractivity contribution in [2.75, 3.05) is 11.5 Å². The maximum Gasteiger partial charge on any atom is 0.316 e. The Hall–Kier alpha value is -1.44. The van der Waals surface area contributed by atoms with Crippen molar-refractivity contribution in [3.05, 3.63) is 0 Å². The fourth-order valence-electron chi connectivity index (χ4n) is 1.48. The number of hydrogen-bond donors (Lipinski definition) is 2. The van der Waals surface area contributed by atoms with Crippen LogP contribution in [0.25, 0.3) is 0 Å². The van der Waals surface area contributed by atoms with E-state index in [0.29, 0.717) is 6.42 Å². The molecule has 8 heteroatoms. The van der Waals surface area contributed by atoms with Crippen molar-refractivity contribution < 1.29 is 18.0 Å². The summed E-state index contributed by atoms with van der Waals surface area (Å²) >= 11 is 0. The first kappa shape index (κ1) is 10.1.